The number of anilines is 2. The molecule has 1 N–H and O–H groups in total. The fraction of sp³-hybridized carbons (Fsp3) is 0.379. The molecule has 0 radical (unpaired) electrons. The first-order valence-electron chi connectivity index (χ1n) is 12.7. The minimum absolute atomic E-state index is 0.0294. The highest BCUT2D eigenvalue weighted by Gasteiger charge is 2.20. The Kier molecular flexibility index (Phi) is 11.1. The van der Waals surface area contributed by atoms with Gasteiger partial charge in [0.25, 0.3) is 0 Å². The summed E-state index contributed by atoms with van der Waals surface area (Å²) in [5.74, 6) is -0.376. The van der Waals surface area contributed by atoms with Crippen molar-refractivity contribution < 1.29 is 14.3 Å². The SMILES string of the molecule is C=Cc1ccc(Cn2c(Nc3ccc(OC(C)C)c(C)c3)nc(=O)n(C[C@H](C)C(=O)OC)c2=O)cc1.CC. The number of aryl methyl sites for hydroxylation is 1. The van der Waals surface area contributed by atoms with Crippen LogP contribution in [0.4, 0.5) is 11.6 Å². The largest absolute Gasteiger partial charge is 0.491 e. The molecule has 0 saturated heterocycles. The molecule has 0 amide bonds. The molecule has 0 aliphatic rings. The zero-order valence-electron chi connectivity index (χ0n) is 23.3. The highest BCUT2D eigenvalue weighted by atomic mass is 16.5. The molecule has 0 aliphatic carbocycles. The molecule has 0 aliphatic heterocycles. The van der Waals surface area contributed by atoms with Crippen molar-refractivity contribution in [3.63, 3.8) is 0 Å². The number of esters is 1. The topological polar surface area (TPSA) is 104 Å². The van der Waals surface area contributed by atoms with E-state index in [1.807, 2.05) is 71.0 Å². The number of rotatable bonds is 10. The Bertz CT molecular complexity index is 1360. The van der Waals surface area contributed by atoms with Crippen molar-refractivity contribution in [1.29, 1.82) is 0 Å². The number of carbonyl (C=O) groups excluding carboxylic acids is 1. The van der Waals surface area contributed by atoms with Gasteiger partial charge >= 0.3 is 17.3 Å². The molecule has 0 bridgehead atoms. The van der Waals surface area contributed by atoms with Crippen LogP contribution in [0.5, 0.6) is 5.75 Å². The lowest BCUT2D eigenvalue weighted by atomic mass is 10.1. The molecule has 9 heteroatoms. The third kappa shape index (κ3) is 7.68. The molecule has 0 unspecified atom stereocenters. The van der Waals surface area contributed by atoms with Crippen LogP contribution in [0.15, 0.2) is 58.6 Å². The third-order valence-corrected chi connectivity index (χ3v) is 5.56. The van der Waals surface area contributed by atoms with Gasteiger partial charge in [-0.25, -0.2) is 14.2 Å². The smallest absolute Gasteiger partial charge is 0.354 e. The fourth-order valence-electron chi connectivity index (χ4n) is 3.66. The summed E-state index contributed by atoms with van der Waals surface area (Å²) in [4.78, 5) is 42.4. The van der Waals surface area contributed by atoms with E-state index in [0.717, 1.165) is 27.0 Å². The number of nitrogens with one attached hydrogen (secondary N) is 1. The van der Waals surface area contributed by atoms with Gasteiger partial charge in [0.15, 0.2) is 0 Å². The van der Waals surface area contributed by atoms with Gasteiger partial charge in [0.05, 0.1) is 25.7 Å². The van der Waals surface area contributed by atoms with Crippen molar-refractivity contribution in [1.82, 2.24) is 14.1 Å². The summed E-state index contributed by atoms with van der Waals surface area (Å²) in [6.45, 7) is 15.2. The molecule has 3 rings (SSSR count). The first kappa shape index (κ1) is 30.1. The van der Waals surface area contributed by atoms with Crippen molar-refractivity contribution in [3.8, 4) is 5.75 Å². The van der Waals surface area contributed by atoms with Crippen LogP contribution in [0, 0.1) is 12.8 Å². The Morgan fingerprint density at radius 1 is 1.08 bits per heavy atom. The van der Waals surface area contributed by atoms with E-state index >= 15 is 0 Å². The van der Waals surface area contributed by atoms with E-state index in [1.165, 1.54) is 11.7 Å². The van der Waals surface area contributed by atoms with Crippen molar-refractivity contribution in [2.24, 2.45) is 5.92 Å². The van der Waals surface area contributed by atoms with Gasteiger partial charge in [0.2, 0.25) is 5.95 Å². The Morgan fingerprint density at radius 3 is 2.29 bits per heavy atom. The fourth-order valence-corrected chi connectivity index (χ4v) is 3.66. The minimum atomic E-state index is -0.756. The molecule has 2 aromatic carbocycles. The van der Waals surface area contributed by atoms with Crippen LogP contribution in [0.2, 0.25) is 0 Å². The minimum Gasteiger partial charge on any atom is -0.491 e. The standard InChI is InChI=1S/C27H32N4O5.C2H6/c1-7-20-8-10-21(11-9-20)16-30-25(28-22-12-13-23(18(4)14-22)36-17(2)3)29-26(33)31(27(30)34)15-19(5)24(32)35-6;1-2/h7-14,17,19H,1,15-16H2,2-6H3,(H,28,29,33);1-2H3/t19-;/m0./s1. The monoisotopic (exact) mass is 522 g/mol. The summed E-state index contributed by atoms with van der Waals surface area (Å²) < 4.78 is 12.9. The average Bonchev–Trinajstić information content (AvgIpc) is 2.91. The lowest BCUT2D eigenvalue weighted by molar-refractivity contribution is -0.145. The maximum atomic E-state index is 13.5. The van der Waals surface area contributed by atoms with E-state index in [0.29, 0.717) is 5.69 Å². The molecule has 38 heavy (non-hydrogen) atoms. The van der Waals surface area contributed by atoms with Crippen LogP contribution in [-0.2, 0) is 22.6 Å². The normalized spacial score (nSPS) is 11.3. The Balaban J connectivity index is 0.00000247. The van der Waals surface area contributed by atoms with Crippen LogP contribution in [0.25, 0.3) is 6.08 Å². The van der Waals surface area contributed by atoms with Gasteiger partial charge in [0.1, 0.15) is 5.75 Å². The third-order valence-electron chi connectivity index (χ3n) is 5.56. The van der Waals surface area contributed by atoms with Gasteiger partial charge < -0.3 is 14.8 Å². The zero-order valence-corrected chi connectivity index (χ0v) is 23.3. The van der Waals surface area contributed by atoms with E-state index in [4.69, 9.17) is 9.47 Å². The molecule has 0 fully saturated rings. The number of carbonyl (C=O) groups is 1. The Morgan fingerprint density at radius 2 is 1.74 bits per heavy atom. The molecule has 204 valence electrons. The van der Waals surface area contributed by atoms with Crippen molar-refractivity contribution in [2.75, 3.05) is 12.4 Å². The number of hydrogen-bond acceptors (Lipinski definition) is 7. The Hall–Kier alpha value is -4.14. The van der Waals surface area contributed by atoms with Gasteiger partial charge in [0, 0.05) is 12.2 Å². The lowest BCUT2D eigenvalue weighted by Gasteiger charge is -2.18. The molecule has 1 heterocycles. The molecule has 0 spiro atoms. The van der Waals surface area contributed by atoms with Crippen molar-refractivity contribution in [3.05, 3.63) is 86.7 Å². The van der Waals surface area contributed by atoms with Crippen LogP contribution in [0.3, 0.4) is 0 Å². The first-order valence-corrected chi connectivity index (χ1v) is 12.7. The van der Waals surface area contributed by atoms with E-state index in [2.05, 4.69) is 16.9 Å². The summed E-state index contributed by atoms with van der Waals surface area (Å²) in [6.07, 6.45) is 1.76. The summed E-state index contributed by atoms with van der Waals surface area (Å²) in [6, 6.07) is 13.0. The predicted molar refractivity (Wildman–Crippen MR) is 151 cm³/mol. The summed E-state index contributed by atoms with van der Waals surface area (Å²) in [5.41, 5.74) is 1.97. The number of nitrogens with zero attached hydrogens (tertiary/aromatic N) is 3. The zero-order chi connectivity index (χ0) is 28.4. The van der Waals surface area contributed by atoms with Gasteiger partial charge in [-0.2, -0.15) is 4.98 Å². The molecule has 3 aromatic rings. The van der Waals surface area contributed by atoms with Gasteiger partial charge in [-0.15, -0.1) is 0 Å². The first-order chi connectivity index (χ1) is 18.1. The molecule has 0 saturated carbocycles. The number of benzene rings is 2. The summed E-state index contributed by atoms with van der Waals surface area (Å²) in [7, 11) is 1.26. The molecular formula is C29H38N4O5. The van der Waals surface area contributed by atoms with Gasteiger partial charge in [-0.1, -0.05) is 57.7 Å². The molecular weight excluding hydrogens is 484 g/mol. The van der Waals surface area contributed by atoms with Crippen molar-refractivity contribution in [2.45, 2.75) is 60.7 Å². The van der Waals surface area contributed by atoms with Gasteiger partial charge in [-0.05, 0) is 55.7 Å². The number of ether oxygens (including phenoxy) is 2. The molecule has 1 atom stereocenters. The second kappa shape index (κ2) is 14.0. The van der Waals surface area contributed by atoms with E-state index in [1.54, 1.807) is 19.1 Å². The lowest BCUT2D eigenvalue weighted by Crippen LogP contribution is -2.44. The predicted octanol–water partition coefficient (Wildman–Crippen LogP) is 4.77. The molecule has 1 aromatic heterocycles. The number of aromatic nitrogens is 3. The highest BCUT2D eigenvalue weighted by molar-refractivity contribution is 5.71. The van der Waals surface area contributed by atoms with E-state index < -0.39 is 23.3 Å². The Labute approximate surface area is 223 Å². The summed E-state index contributed by atoms with van der Waals surface area (Å²) >= 11 is 0. The maximum Gasteiger partial charge on any atom is 0.354 e. The van der Waals surface area contributed by atoms with E-state index in [9.17, 15) is 14.4 Å². The number of methoxy groups -OCH3 is 1. The van der Waals surface area contributed by atoms with Crippen molar-refractivity contribution >= 4 is 23.7 Å². The maximum absolute atomic E-state index is 13.5. The van der Waals surface area contributed by atoms with Crippen LogP contribution in [-0.4, -0.2) is 33.3 Å². The quantitative estimate of drug-likeness (QED) is 0.383. The summed E-state index contributed by atoms with van der Waals surface area (Å²) in [5, 5.41) is 3.11. The molecule has 9 nitrogen and oxygen atoms in total. The van der Waals surface area contributed by atoms with Crippen LogP contribution >= 0.6 is 0 Å². The highest BCUT2D eigenvalue weighted by Crippen LogP contribution is 2.24. The van der Waals surface area contributed by atoms with Gasteiger partial charge in [-0.3, -0.25) is 9.36 Å². The second-order valence-corrected chi connectivity index (χ2v) is 8.84. The second-order valence-electron chi connectivity index (χ2n) is 8.84. The average molecular weight is 523 g/mol. The van der Waals surface area contributed by atoms with Crippen LogP contribution < -0.4 is 21.4 Å². The van der Waals surface area contributed by atoms with Crippen LogP contribution in [0.1, 0.15) is 51.3 Å². The number of hydrogen-bond donors (Lipinski definition) is 1. The van der Waals surface area contributed by atoms with E-state index in [-0.39, 0.29) is 25.1 Å².